The van der Waals surface area contributed by atoms with Crippen molar-refractivity contribution in [3.05, 3.63) is 42.2 Å². The largest absolute Gasteiger partial charge is 0.295 e. The first-order valence-electron chi connectivity index (χ1n) is 8.16. The maximum Gasteiger partial charge on any atom is 0.229 e. The summed E-state index contributed by atoms with van der Waals surface area (Å²) in [5, 5.41) is 0.867. The van der Waals surface area contributed by atoms with Gasteiger partial charge < -0.3 is 0 Å². The Bertz CT molecular complexity index is 721. The highest BCUT2D eigenvalue weighted by atomic mass is 32.2. The average Bonchev–Trinajstić information content (AvgIpc) is 3.16. The molecule has 1 fully saturated rings. The lowest BCUT2D eigenvalue weighted by atomic mass is 10.0. The minimum atomic E-state index is -0.0618. The van der Waals surface area contributed by atoms with Crippen LogP contribution in [-0.4, -0.2) is 38.6 Å². The Hall–Kier alpha value is -2.08. The molecule has 2 aromatic rings. The number of hydrogen-bond acceptors (Lipinski definition) is 4. The van der Waals surface area contributed by atoms with E-state index in [4.69, 9.17) is 0 Å². The third-order valence-electron chi connectivity index (χ3n) is 4.15. The lowest BCUT2D eigenvalue weighted by Crippen LogP contribution is -2.31. The normalized spacial score (nSPS) is 14.9. The van der Waals surface area contributed by atoms with Gasteiger partial charge in [0.2, 0.25) is 11.8 Å². The van der Waals surface area contributed by atoms with E-state index in [0.717, 1.165) is 10.8 Å². The number of likely N-dealkylation sites (tertiary alicyclic amines) is 1. The standard InChI is InChI=1S/C18H21N3O2S/c1-13(2)14-3-5-15(6-4-14)20-10-9-19-18(20)24-12-11-21-16(22)7-8-17(21)23/h3-6,9-10,13H,7-8,11-12H2,1-2H3. The van der Waals surface area contributed by atoms with E-state index in [1.165, 1.54) is 10.5 Å². The molecule has 24 heavy (non-hydrogen) atoms. The van der Waals surface area contributed by atoms with Crippen LogP contribution in [0.25, 0.3) is 5.69 Å². The van der Waals surface area contributed by atoms with Gasteiger partial charge in [0.1, 0.15) is 0 Å². The highest BCUT2D eigenvalue weighted by Crippen LogP contribution is 2.23. The fourth-order valence-electron chi connectivity index (χ4n) is 2.71. The summed E-state index contributed by atoms with van der Waals surface area (Å²) >= 11 is 1.56. The van der Waals surface area contributed by atoms with E-state index in [9.17, 15) is 9.59 Å². The van der Waals surface area contributed by atoms with Crippen LogP contribution in [0.1, 0.15) is 38.2 Å². The van der Waals surface area contributed by atoms with E-state index in [1.807, 2.05) is 10.8 Å². The maximum absolute atomic E-state index is 11.6. The molecular formula is C18H21N3O2S. The van der Waals surface area contributed by atoms with Crippen molar-refractivity contribution >= 4 is 23.6 Å². The zero-order chi connectivity index (χ0) is 17.1. The first-order valence-corrected chi connectivity index (χ1v) is 9.14. The highest BCUT2D eigenvalue weighted by Gasteiger charge is 2.28. The van der Waals surface area contributed by atoms with E-state index >= 15 is 0 Å². The van der Waals surface area contributed by atoms with Gasteiger partial charge in [0, 0.05) is 43.2 Å². The van der Waals surface area contributed by atoms with Gasteiger partial charge in [-0.1, -0.05) is 37.7 Å². The van der Waals surface area contributed by atoms with Crippen molar-refractivity contribution < 1.29 is 9.59 Å². The van der Waals surface area contributed by atoms with Gasteiger partial charge in [-0.05, 0) is 23.6 Å². The van der Waals surface area contributed by atoms with Gasteiger partial charge in [-0.15, -0.1) is 0 Å². The number of nitrogens with zero attached hydrogens (tertiary/aromatic N) is 3. The Morgan fingerprint density at radius 1 is 1.12 bits per heavy atom. The molecule has 3 rings (SSSR count). The molecular weight excluding hydrogens is 322 g/mol. The summed E-state index contributed by atoms with van der Waals surface area (Å²) < 4.78 is 2.03. The quantitative estimate of drug-likeness (QED) is 0.597. The van der Waals surface area contributed by atoms with Gasteiger partial charge in [0.25, 0.3) is 0 Å². The molecule has 0 bridgehead atoms. The predicted molar refractivity (Wildman–Crippen MR) is 94.3 cm³/mol. The number of imide groups is 1. The summed E-state index contributed by atoms with van der Waals surface area (Å²) in [4.78, 5) is 29.0. The minimum Gasteiger partial charge on any atom is -0.295 e. The Kier molecular flexibility index (Phi) is 5.04. The van der Waals surface area contributed by atoms with E-state index < -0.39 is 0 Å². The van der Waals surface area contributed by atoms with E-state index in [2.05, 4.69) is 43.1 Å². The van der Waals surface area contributed by atoms with Gasteiger partial charge in [-0.25, -0.2) is 4.98 Å². The van der Waals surface area contributed by atoms with Gasteiger partial charge in [0.15, 0.2) is 5.16 Å². The summed E-state index contributed by atoms with van der Waals surface area (Å²) in [6.07, 6.45) is 4.39. The molecule has 1 aliphatic heterocycles. The van der Waals surface area contributed by atoms with Crippen molar-refractivity contribution in [3.8, 4) is 5.69 Å². The van der Waals surface area contributed by atoms with Crippen molar-refractivity contribution in [2.75, 3.05) is 12.3 Å². The molecule has 2 amide bonds. The number of hydrogen-bond donors (Lipinski definition) is 0. The molecule has 0 unspecified atom stereocenters. The van der Waals surface area contributed by atoms with Crippen LogP contribution in [-0.2, 0) is 9.59 Å². The number of imidazole rings is 1. The summed E-state index contributed by atoms with van der Waals surface area (Å²) in [5.41, 5.74) is 2.37. The van der Waals surface area contributed by atoms with Gasteiger partial charge in [0.05, 0.1) is 0 Å². The zero-order valence-electron chi connectivity index (χ0n) is 13.9. The van der Waals surface area contributed by atoms with Crippen molar-refractivity contribution in [2.24, 2.45) is 0 Å². The lowest BCUT2D eigenvalue weighted by Gasteiger charge is -2.13. The number of rotatable bonds is 6. The molecule has 126 valence electrons. The molecule has 6 heteroatoms. The molecule has 0 aliphatic carbocycles. The maximum atomic E-state index is 11.6. The average molecular weight is 343 g/mol. The first-order chi connectivity index (χ1) is 11.6. The number of aromatic nitrogens is 2. The van der Waals surface area contributed by atoms with Crippen LogP contribution in [0.4, 0.5) is 0 Å². The molecule has 0 atom stereocenters. The Labute approximate surface area is 146 Å². The molecule has 2 heterocycles. The van der Waals surface area contributed by atoms with Crippen LogP contribution in [0.5, 0.6) is 0 Å². The van der Waals surface area contributed by atoms with Crippen molar-refractivity contribution in [2.45, 2.75) is 37.8 Å². The second-order valence-electron chi connectivity index (χ2n) is 6.11. The molecule has 1 aromatic carbocycles. The van der Waals surface area contributed by atoms with Crippen LogP contribution < -0.4 is 0 Å². The first kappa shape index (κ1) is 16.8. The molecule has 1 saturated heterocycles. The monoisotopic (exact) mass is 343 g/mol. The fourth-order valence-corrected chi connectivity index (χ4v) is 3.61. The number of benzene rings is 1. The van der Waals surface area contributed by atoms with E-state index in [-0.39, 0.29) is 11.8 Å². The van der Waals surface area contributed by atoms with Crippen molar-refractivity contribution in [3.63, 3.8) is 0 Å². The molecule has 0 N–H and O–H groups in total. The lowest BCUT2D eigenvalue weighted by molar-refractivity contribution is -0.137. The number of carbonyl (C=O) groups excluding carboxylic acids is 2. The van der Waals surface area contributed by atoms with Gasteiger partial charge >= 0.3 is 0 Å². The zero-order valence-corrected chi connectivity index (χ0v) is 14.8. The number of thioether (sulfide) groups is 1. The molecule has 1 aliphatic rings. The third kappa shape index (κ3) is 3.53. The van der Waals surface area contributed by atoms with Crippen LogP contribution in [0.15, 0.2) is 41.8 Å². The Morgan fingerprint density at radius 2 is 1.79 bits per heavy atom. The van der Waals surface area contributed by atoms with Crippen LogP contribution in [0.2, 0.25) is 0 Å². The second-order valence-corrected chi connectivity index (χ2v) is 7.18. The molecule has 0 saturated carbocycles. The van der Waals surface area contributed by atoms with E-state index in [0.29, 0.717) is 31.1 Å². The minimum absolute atomic E-state index is 0.0618. The fraction of sp³-hybridized carbons (Fsp3) is 0.389. The summed E-state index contributed by atoms with van der Waals surface area (Å²) in [6.45, 7) is 4.80. The predicted octanol–water partition coefficient (Wildman–Crippen LogP) is 3.24. The van der Waals surface area contributed by atoms with Crippen LogP contribution in [0, 0.1) is 0 Å². The van der Waals surface area contributed by atoms with Crippen molar-refractivity contribution in [1.82, 2.24) is 14.5 Å². The SMILES string of the molecule is CC(C)c1ccc(-n2ccnc2SCCN2C(=O)CCC2=O)cc1. The van der Waals surface area contributed by atoms with Gasteiger partial charge in [-0.3, -0.25) is 19.1 Å². The summed E-state index contributed by atoms with van der Waals surface area (Å²) in [6, 6.07) is 8.45. The Morgan fingerprint density at radius 3 is 2.42 bits per heavy atom. The molecule has 0 spiro atoms. The van der Waals surface area contributed by atoms with Crippen molar-refractivity contribution in [1.29, 1.82) is 0 Å². The summed E-state index contributed by atoms with van der Waals surface area (Å²) in [7, 11) is 0. The highest BCUT2D eigenvalue weighted by molar-refractivity contribution is 7.99. The molecule has 1 aromatic heterocycles. The van der Waals surface area contributed by atoms with E-state index in [1.54, 1.807) is 18.0 Å². The van der Waals surface area contributed by atoms with Gasteiger partial charge in [-0.2, -0.15) is 0 Å². The number of amides is 2. The van der Waals surface area contributed by atoms with Crippen LogP contribution in [0.3, 0.4) is 0 Å². The third-order valence-corrected chi connectivity index (χ3v) is 5.09. The molecule has 5 nitrogen and oxygen atoms in total. The smallest absolute Gasteiger partial charge is 0.229 e. The number of carbonyl (C=O) groups is 2. The Balaban J connectivity index is 1.65. The summed E-state index contributed by atoms with van der Waals surface area (Å²) in [5.74, 6) is 1.03. The second kappa shape index (κ2) is 7.21. The molecule has 0 radical (unpaired) electrons. The van der Waals surface area contributed by atoms with Crippen LogP contribution >= 0.6 is 11.8 Å². The topological polar surface area (TPSA) is 55.2 Å².